The number of ether oxygens (including phenoxy) is 1. The number of carbonyl (C=O) groups is 1. The highest BCUT2D eigenvalue weighted by molar-refractivity contribution is 5.91. The SMILES string of the molecule is O=C(COc1cccc2cccnc12)Nc1ccncn1. The fourth-order valence-electron chi connectivity index (χ4n) is 1.88. The standard InChI is InChI=1S/C15H12N4O2/c20-14(19-13-6-8-16-10-18-13)9-21-12-5-1-3-11-4-2-7-17-15(11)12/h1-8,10H,9H2,(H,16,18,19,20). The number of nitrogens with zero attached hydrogens (tertiary/aromatic N) is 3. The number of para-hydroxylation sites is 1. The fourth-order valence-corrected chi connectivity index (χ4v) is 1.88. The molecule has 6 nitrogen and oxygen atoms in total. The zero-order valence-electron chi connectivity index (χ0n) is 11.1. The summed E-state index contributed by atoms with van der Waals surface area (Å²) >= 11 is 0. The topological polar surface area (TPSA) is 77.0 Å². The third-order valence-corrected chi connectivity index (χ3v) is 2.80. The number of amides is 1. The van der Waals surface area contributed by atoms with Crippen molar-refractivity contribution in [3.63, 3.8) is 0 Å². The predicted octanol–water partition coefficient (Wildman–Crippen LogP) is 2.04. The minimum absolute atomic E-state index is 0.111. The Labute approximate surface area is 120 Å². The van der Waals surface area contributed by atoms with Gasteiger partial charge in [-0.25, -0.2) is 9.97 Å². The number of nitrogens with one attached hydrogen (secondary N) is 1. The lowest BCUT2D eigenvalue weighted by molar-refractivity contribution is -0.118. The van der Waals surface area contributed by atoms with Gasteiger partial charge in [-0.1, -0.05) is 18.2 Å². The van der Waals surface area contributed by atoms with E-state index in [9.17, 15) is 4.79 Å². The summed E-state index contributed by atoms with van der Waals surface area (Å²) in [4.78, 5) is 23.8. The smallest absolute Gasteiger partial charge is 0.263 e. The van der Waals surface area contributed by atoms with Gasteiger partial charge in [0.25, 0.3) is 5.91 Å². The molecule has 104 valence electrons. The molecule has 0 aliphatic heterocycles. The molecule has 2 aromatic heterocycles. The lowest BCUT2D eigenvalue weighted by Crippen LogP contribution is -2.20. The Balaban J connectivity index is 1.68. The van der Waals surface area contributed by atoms with Gasteiger partial charge in [-0.05, 0) is 18.2 Å². The van der Waals surface area contributed by atoms with Crippen molar-refractivity contribution in [3.8, 4) is 5.75 Å². The van der Waals surface area contributed by atoms with Crippen molar-refractivity contribution >= 4 is 22.6 Å². The molecule has 0 atom stereocenters. The normalized spacial score (nSPS) is 10.3. The second-order valence-electron chi connectivity index (χ2n) is 4.26. The molecule has 3 aromatic rings. The highest BCUT2D eigenvalue weighted by atomic mass is 16.5. The molecule has 0 spiro atoms. The van der Waals surface area contributed by atoms with Crippen LogP contribution in [0, 0.1) is 0 Å². The summed E-state index contributed by atoms with van der Waals surface area (Å²) in [5, 5.41) is 3.59. The quantitative estimate of drug-likeness (QED) is 0.791. The van der Waals surface area contributed by atoms with E-state index in [1.54, 1.807) is 24.5 Å². The average Bonchev–Trinajstić information content (AvgIpc) is 2.54. The van der Waals surface area contributed by atoms with Crippen molar-refractivity contribution in [2.45, 2.75) is 0 Å². The number of carbonyl (C=O) groups excluding carboxylic acids is 1. The number of fused-ring (bicyclic) bond motifs is 1. The first kappa shape index (κ1) is 13.0. The Hall–Kier alpha value is -3.02. The molecule has 0 bridgehead atoms. The van der Waals surface area contributed by atoms with Crippen LogP contribution < -0.4 is 10.1 Å². The number of hydrogen-bond donors (Lipinski definition) is 1. The Morgan fingerprint density at radius 1 is 1.10 bits per heavy atom. The fraction of sp³-hybridized carbons (Fsp3) is 0.0667. The van der Waals surface area contributed by atoms with Gasteiger partial charge in [0, 0.05) is 17.8 Å². The molecule has 0 radical (unpaired) electrons. The van der Waals surface area contributed by atoms with Crippen molar-refractivity contribution < 1.29 is 9.53 Å². The van der Waals surface area contributed by atoms with E-state index in [-0.39, 0.29) is 12.5 Å². The van der Waals surface area contributed by atoms with Crippen molar-refractivity contribution in [1.29, 1.82) is 0 Å². The largest absolute Gasteiger partial charge is 0.481 e. The van der Waals surface area contributed by atoms with E-state index in [2.05, 4.69) is 20.3 Å². The first-order valence-electron chi connectivity index (χ1n) is 6.35. The lowest BCUT2D eigenvalue weighted by atomic mass is 10.2. The van der Waals surface area contributed by atoms with Gasteiger partial charge in [0.15, 0.2) is 6.61 Å². The molecule has 2 heterocycles. The number of hydrogen-bond acceptors (Lipinski definition) is 5. The van der Waals surface area contributed by atoms with Crippen LogP contribution in [0.3, 0.4) is 0 Å². The Morgan fingerprint density at radius 3 is 2.86 bits per heavy atom. The van der Waals surface area contributed by atoms with Gasteiger partial charge in [-0.3, -0.25) is 9.78 Å². The maximum Gasteiger partial charge on any atom is 0.263 e. The van der Waals surface area contributed by atoms with Crippen LogP contribution in [0.4, 0.5) is 5.82 Å². The highest BCUT2D eigenvalue weighted by Gasteiger charge is 2.07. The number of pyridine rings is 1. The van der Waals surface area contributed by atoms with E-state index in [0.29, 0.717) is 11.6 Å². The van der Waals surface area contributed by atoms with Gasteiger partial charge >= 0.3 is 0 Å². The third-order valence-electron chi connectivity index (χ3n) is 2.80. The lowest BCUT2D eigenvalue weighted by Gasteiger charge is -2.08. The second-order valence-corrected chi connectivity index (χ2v) is 4.26. The van der Waals surface area contributed by atoms with Crippen molar-refractivity contribution in [2.75, 3.05) is 11.9 Å². The van der Waals surface area contributed by atoms with Gasteiger partial charge in [0.2, 0.25) is 0 Å². The monoisotopic (exact) mass is 280 g/mol. The summed E-state index contributed by atoms with van der Waals surface area (Å²) in [7, 11) is 0. The van der Waals surface area contributed by atoms with Gasteiger partial charge in [0.1, 0.15) is 23.4 Å². The molecule has 0 saturated carbocycles. The van der Waals surface area contributed by atoms with E-state index >= 15 is 0 Å². The van der Waals surface area contributed by atoms with Crippen LogP contribution in [0.5, 0.6) is 5.75 Å². The van der Waals surface area contributed by atoms with Crippen molar-refractivity contribution in [1.82, 2.24) is 15.0 Å². The second kappa shape index (κ2) is 5.96. The Kier molecular flexibility index (Phi) is 3.68. The third kappa shape index (κ3) is 3.11. The summed E-state index contributed by atoms with van der Waals surface area (Å²) in [6.07, 6.45) is 4.61. The van der Waals surface area contributed by atoms with Crippen LogP contribution in [0.15, 0.2) is 55.1 Å². The number of benzene rings is 1. The maximum absolute atomic E-state index is 11.8. The molecule has 0 fully saturated rings. The molecule has 0 aliphatic carbocycles. The zero-order chi connectivity index (χ0) is 14.5. The van der Waals surface area contributed by atoms with Gasteiger partial charge in [-0.15, -0.1) is 0 Å². The summed E-state index contributed by atoms with van der Waals surface area (Å²) in [6, 6.07) is 11.0. The summed E-state index contributed by atoms with van der Waals surface area (Å²) in [5.74, 6) is 0.724. The minimum Gasteiger partial charge on any atom is -0.481 e. The van der Waals surface area contributed by atoms with E-state index in [1.165, 1.54) is 6.33 Å². The number of anilines is 1. The molecule has 0 saturated heterocycles. The molecule has 0 unspecified atom stereocenters. The van der Waals surface area contributed by atoms with Crippen LogP contribution in [0.25, 0.3) is 10.9 Å². The average molecular weight is 280 g/mol. The molecular weight excluding hydrogens is 268 g/mol. The molecule has 1 N–H and O–H groups in total. The molecular formula is C15H12N4O2. The Bertz CT molecular complexity index is 756. The summed E-state index contributed by atoms with van der Waals surface area (Å²) in [5.41, 5.74) is 0.731. The minimum atomic E-state index is -0.290. The molecule has 1 aromatic carbocycles. The van der Waals surface area contributed by atoms with E-state index in [0.717, 1.165) is 10.9 Å². The van der Waals surface area contributed by atoms with Gasteiger partial charge < -0.3 is 10.1 Å². The van der Waals surface area contributed by atoms with E-state index in [4.69, 9.17) is 4.74 Å². The van der Waals surface area contributed by atoms with Crippen molar-refractivity contribution in [2.24, 2.45) is 0 Å². The first-order chi connectivity index (χ1) is 10.3. The molecule has 0 aliphatic rings. The number of rotatable bonds is 4. The highest BCUT2D eigenvalue weighted by Crippen LogP contribution is 2.22. The first-order valence-corrected chi connectivity index (χ1v) is 6.35. The van der Waals surface area contributed by atoms with Crippen LogP contribution >= 0.6 is 0 Å². The van der Waals surface area contributed by atoms with Crippen LogP contribution in [-0.2, 0) is 4.79 Å². The van der Waals surface area contributed by atoms with Gasteiger partial charge in [0.05, 0.1) is 0 Å². The van der Waals surface area contributed by atoms with Crippen LogP contribution in [-0.4, -0.2) is 27.5 Å². The van der Waals surface area contributed by atoms with Crippen LogP contribution in [0.1, 0.15) is 0 Å². The van der Waals surface area contributed by atoms with E-state index < -0.39 is 0 Å². The predicted molar refractivity (Wildman–Crippen MR) is 77.9 cm³/mol. The Morgan fingerprint density at radius 2 is 2.00 bits per heavy atom. The van der Waals surface area contributed by atoms with Crippen molar-refractivity contribution in [3.05, 3.63) is 55.1 Å². The molecule has 3 rings (SSSR count). The van der Waals surface area contributed by atoms with Crippen LogP contribution in [0.2, 0.25) is 0 Å². The van der Waals surface area contributed by atoms with Gasteiger partial charge in [-0.2, -0.15) is 0 Å². The van der Waals surface area contributed by atoms with E-state index in [1.807, 2.05) is 24.3 Å². The molecule has 1 amide bonds. The zero-order valence-corrected chi connectivity index (χ0v) is 11.1. The maximum atomic E-state index is 11.8. The molecule has 6 heteroatoms. The molecule has 21 heavy (non-hydrogen) atoms. The summed E-state index contributed by atoms with van der Waals surface area (Å²) in [6.45, 7) is -0.111. The number of aromatic nitrogens is 3. The summed E-state index contributed by atoms with van der Waals surface area (Å²) < 4.78 is 5.54.